The van der Waals surface area contributed by atoms with E-state index in [1.807, 2.05) is 0 Å². The van der Waals surface area contributed by atoms with Gasteiger partial charge in [-0.15, -0.1) is 0 Å². The Balaban J connectivity index is 1.69. The molecular formula is C15H27N3O3. The highest BCUT2D eigenvalue weighted by Gasteiger charge is 2.30. The third kappa shape index (κ3) is 4.59. The number of amides is 2. The summed E-state index contributed by atoms with van der Waals surface area (Å²) in [5, 5.41) is 15.0. The lowest BCUT2D eigenvalue weighted by molar-refractivity contribution is -0.144. The zero-order valence-corrected chi connectivity index (χ0v) is 12.8. The van der Waals surface area contributed by atoms with E-state index in [1.54, 1.807) is 0 Å². The van der Waals surface area contributed by atoms with Gasteiger partial charge in [0, 0.05) is 19.1 Å². The summed E-state index contributed by atoms with van der Waals surface area (Å²) in [4.78, 5) is 25.3. The van der Waals surface area contributed by atoms with Gasteiger partial charge in [-0.25, -0.2) is 4.79 Å². The summed E-state index contributed by atoms with van der Waals surface area (Å²) >= 11 is 0. The molecule has 1 aliphatic carbocycles. The first-order valence-electron chi connectivity index (χ1n) is 8.02. The van der Waals surface area contributed by atoms with Gasteiger partial charge in [0.05, 0.1) is 5.92 Å². The highest BCUT2D eigenvalue weighted by atomic mass is 16.4. The molecule has 0 spiro atoms. The second-order valence-electron chi connectivity index (χ2n) is 6.36. The Morgan fingerprint density at radius 2 is 1.81 bits per heavy atom. The van der Waals surface area contributed by atoms with Crippen LogP contribution in [0.1, 0.15) is 38.5 Å². The second kappa shape index (κ2) is 7.64. The van der Waals surface area contributed by atoms with E-state index in [0.717, 1.165) is 38.6 Å². The lowest BCUT2D eigenvalue weighted by Crippen LogP contribution is -2.45. The van der Waals surface area contributed by atoms with Gasteiger partial charge in [0.25, 0.3) is 0 Å². The monoisotopic (exact) mass is 297 g/mol. The van der Waals surface area contributed by atoms with E-state index in [2.05, 4.69) is 22.6 Å². The van der Waals surface area contributed by atoms with E-state index >= 15 is 0 Å². The van der Waals surface area contributed by atoms with E-state index in [1.165, 1.54) is 6.42 Å². The van der Waals surface area contributed by atoms with E-state index in [0.29, 0.717) is 19.1 Å². The number of carbonyl (C=O) groups is 2. The normalized spacial score (nSPS) is 30.0. The number of carboxylic acids is 1. The van der Waals surface area contributed by atoms with Gasteiger partial charge in [0.1, 0.15) is 0 Å². The molecule has 1 saturated heterocycles. The Morgan fingerprint density at radius 1 is 1.10 bits per heavy atom. The third-order valence-corrected chi connectivity index (χ3v) is 4.92. The molecule has 1 aliphatic heterocycles. The number of hydrogen-bond acceptors (Lipinski definition) is 3. The number of nitrogens with one attached hydrogen (secondary N) is 2. The van der Waals surface area contributed by atoms with Crippen molar-refractivity contribution >= 4 is 12.0 Å². The van der Waals surface area contributed by atoms with Crippen LogP contribution in [0, 0.1) is 11.8 Å². The van der Waals surface area contributed by atoms with Crippen molar-refractivity contribution in [2.45, 2.75) is 44.6 Å². The van der Waals surface area contributed by atoms with Crippen molar-refractivity contribution in [3.63, 3.8) is 0 Å². The molecule has 3 N–H and O–H groups in total. The number of rotatable bonds is 5. The van der Waals surface area contributed by atoms with Crippen LogP contribution in [0.3, 0.4) is 0 Å². The van der Waals surface area contributed by atoms with Crippen molar-refractivity contribution < 1.29 is 14.7 Å². The van der Waals surface area contributed by atoms with Crippen molar-refractivity contribution in [2.75, 3.05) is 26.7 Å². The van der Waals surface area contributed by atoms with Crippen molar-refractivity contribution in [3.05, 3.63) is 0 Å². The molecule has 3 atom stereocenters. The van der Waals surface area contributed by atoms with Crippen LogP contribution in [0.2, 0.25) is 0 Å². The Kier molecular flexibility index (Phi) is 5.85. The molecule has 2 rings (SSSR count). The highest BCUT2D eigenvalue weighted by molar-refractivity contribution is 5.74. The largest absolute Gasteiger partial charge is 0.481 e. The van der Waals surface area contributed by atoms with Gasteiger partial charge in [-0.1, -0.05) is 12.8 Å². The standard InChI is InChI=1S/C15H27N3O3/c1-18-8-4-6-12(18)10-17-15(21)16-9-11-5-2-3-7-13(11)14(19)20/h11-13H,2-10H2,1H3,(H,19,20)(H2,16,17,21). The van der Waals surface area contributed by atoms with Crippen LogP contribution in [-0.4, -0.2) is 54.7 Å². The van der Waals surface area contributed by atoms with Gasteiger partial charge in [0.15, 0.2) is 0 Å². The number of hydrogen-bond donors (Lipinski definition) is 3. The van der Waals surface area contributed by atoms with Crippen LogP contribution in [0.25, 0.3) is 0 Å². The fourth-order valence-electron chi connectivity index (χ4n) is 3.51. The topological polar surface area (TPSA) is 81.7 Å². The molecule has 0 radical (unpaired) electrons. The first-order valence-corrected chi connectivity index (χ1v) is 8.02. The maximum Gasteiger partial charge on any atom is 0.314 e. The molecule has 21 heavy (non-hydrogen) atoms. The number of aliphatic carboxylic acids is 1. The average Bonchev–Trinajstić information content (AvgIpc) is 2.88. The van der Waals surface area contributed by atoms with Crippen molar-refractivity contribution in [1.82, 2.24) is 15.5 Å². The summed E-state index contributed by atoms with van der Waals surface area (Å²) in [7, 11) is 2.08. The predicted molar refractivity (Wildman–Crippen MR) is 80.1 cm³/mol. The van der Waals surface area contributed by atoms with Gasteiger partial charge >= 0.3 is 12.0 Å². The molecule has 1 heterocycles. The summed E-state index contributed by atoms with van der Waals surface area (Å²) in [5.74, 6) is -0.967. The molecule has 2 fully saturated rings. The number of nitrogens with zero attached hydrogens (tertiary/aromatic N) is 1. The maximum absolute atomic E-state index is 11.8. The molecule has 120 valence electrons. The van der Waals surface area contributed by atoms with E-state index in [4.69, 9.17) is 0 Å². The molecular weight excluding hydrogens is 270 g/mol. The Morgan fingerprint density at radius 3 is 2.48 bits per heavy atom. The van der Waals surface area contributed by atoms with E-state index in [-0.39, 0.29) is 17.9 Å². The van der Waals surface area contributed by atoms with Gasteiger partial charge in [0.2, 0.25) is 0 Å². The Hall–Kier alpha value is -1.30. The minimum Gasteiger partial charge on any atom is -0.481 e. The number of likely N-dealkylation sites (N-methyl/N-ethyl adjacent to an activating group) is 1. The van der Waals surface area contributed by atoms with Crippen LogP contribution in [0.4, 0.5) is 4.79 Å². The first kappa shape index (κ1) is 16.1. The minimum atomic E-state index is -0.727. The van der Waals surface area contributed by atoms with Gasteiger partial charge in [-0.3, -0.25) is 4.79 Å². The summed E-state index contributed by atoms with van der Waals surface area (Å²) in [6, 6.07) is 0.252. The molecule has 0 aromatic heterocycles. The molecule has 6 nitrogen and oxygen atoms in total. The lowest BCUT2D eigenvalue weighted by atomic mass is 9.79. The summed E-state index contributed by atoms with van der Waals surface area (Å²) in [6.07, 6.45) is 5.98. The van der Waals surface area contributed by atoms with Gasteiger partial charge < -0.3 is 20.6 Å². The zero-order chi connectivity index (χ0) is 15.2. The molecule has 3 unspecified atom stereocenters. The Labute approximate surface area is 126 Å². The molecule has 0 bridgehead atoms. The highest BCUT2D eigenvalue weighted by Crippen LogP contribution is 2.29. The molecule has 2 amide bonds. The van der Waals surface area contributed by atoms with Crippen LogP contribution in [0.15, 0.2) is 0 Å². The van der Waals surface area contributed by atoms with Gasteiger partial charge in [-0.2, -0.15) is 0 Å². The van der Waals surface area contributed by atoms with Crippen LogP contribution < -0.4 is 10.6 Å². The van der Waals surface area contributed by atoms with Crippen molar-refractivity contribution in [2.24, 2.45) is 11.8 Å². The average molecular weight is 297 g/mol. The lowest BCUT2D eigenvalue weighted by Gasteiger charge is -2.28. The number of urea groups is 1. The molecule has 6 heteroatoms. The summed E-state index contributed by atoms with van der Waals surface area (Å²) < 4.78 is 0. The van der Waals surface area contributed by atoms with E-state index in [9.17, 15) is 14.7 Å². The molecule has 2 aliphatic rings. The third-order valence-electron chi connectivity index (χ3n) is 4.92. The smallest absolute Gasteiger partial charge is 0.314 e. The Bertz CT molecular complexity index is 375. The fraction of sp³-hybridized carbons (Fsp3) is 0.867. The van der Waals surface area contributed by atoms with Crippen molar-refractivity contribution in [1.29, 1.82) is 0 Å². The number of carboxylic acid groups (broad SMARTS) is 1. The summed E-state index contributed by atoms with van der Waals surface area (Å²) in [5.41, 5.74) is 0. The molecule has 1 saturated carbocycles. The number of carbonyl (C=O) groups excluding carboxylic acids is 1. The van der Waals surface area contributed by atoms with E-state index < -0.39 is 5.97 Å². The first-order chi connectivity index (χ1) is 10.1. The van der Waals surface area contributed by atoms with Crippen LogP contribution in [0.5, 0.6) is 0 Å². The fourth-order valence-corrected chi connectivity index (χ4v) is 3.51. The van der Waals surface area contributed by atoms with Crippen LogP contribution >= 0.6 is 0 Å². The zero-order valence-electron chi connectivity index (χ0n) is 12.8. The SMILES string of the molecule is CN1CCCC1CNC(=O)NCC1CCCCC1C(=O)O. The molecule has 0 aromatic rings. The van der Waals surface area contributed by atoms with Crippen LogP contribution in [-0.2, 0) is 4.79 Å². The predicted octanol–water partition coefficient (Wildman–Crippen LogP) is 1.27. The second-order valence-corrected chi connectivity index (χ2v) is 6.36. The van der Waals surface area contributed by atoms with Crippen molar-refractivity contribution in [3.8, 4) is 0 Å². The van der Waals surface area contributed by atoms with Gasteiger partial charge in [-0.05, 0) is 45.2 Å². The maximum atomic E-state index is 11.8. The number of likely N-dealkylation sites (tertiary alicyclic amines) is 1. The summed E-state index contributed by atoms with van der Waals surface area (Å²) in [6.45, 7) is 2.22. The minimum absolute atomic E-state index is 0.0659. The quantitative estimate of drug-likeness (QED) is 0.714. The molecule has 0 aromatic carbocycles.